The van der Waals surface area contributed by atoms with Crippen molar-refractivity contribution in [1.29, 1.82) is 0 Å². The van der Waals surface area contributed by atoms with Crippen molar-refractivity contribution in [2.75, 3.05) is 19.7 Å². The SMILES string of the molecule is O=C(O)N(CC[C@@H]1OCCc2ccsc21)CC1c2ccccc2-c2ccccc21. The molecule has 1 aliphatic heterocycles. The van der Waals surface area contributed by atoms with Crippen LogP contribution in [0.25, 0.3) is 11.1 Å². The molecule has 0 spiro atoms. The monoisotopic (exact) mass is 405 g/mol. The van der Waals surface area contributed by atoms with Crippen molar-refractivity contribution in [1.82, 2.24) is 4.90 Å². The first-order chi connectivity index (χ1) is 14.2. The molecule has 4 nitrogen and oxygen atoms in total. The fourth-order valence-electron chi connectivity index (χ4n) is 4.65. The average molecular weight is 406 g/mol. The molecule has 148 valence electrons. The van der Waals surface area contributed by atoms with Gasteiger partial charge < -0.3 is 14.7 Å². The Morgan fingerprint density at radius 1 is 1.07 bits per heavy atom. The molecule has 1 aromatic heterocycles. The van der Waals surface area contributed by atoms with Crippen molar-refractivity contribution in [2.24, 2.45) is 0 Å². The summed E-state index contributed by atoms with van der Waals surface area (Å²) in [6, 6.07) is 18.9. The van der Waals surface area contributed by atoms with Crippen LogP contribution in [0.15, 0.2) is 60.0 Å². The third-order valence-corrected chi connectivity index (χ3v) is 7.11. The number of thiophene rings is 1. The first-order valence-corrected chi connectivity index (χ1v) is 10.9. The fraction of sp³-hybridized carbons (Fsp3) is 0.292. The Hall–Kier alpha value is -2.63. The van der Waals surface area contributed by atoms with Crippen molar-refractivity contribution in [3.63, 3.8) is 0 Å². The maximum Gasteiger partial charge on any atom is 0.407 e. The van der Waals surface area contributed by atoms with Crippen molar-refractivity contribution < 1.29 is 14.6 Å². The van der Waals surface area contributed by atoms with Gasteiger partial charge in [-0.25, -0.2) is 4.79 Å². The number of amides is 1. The molecule has 29 heavy (non-hydrogen) atoms. The molecule has 0 fully saturated rings. The lowest BCUT2D eigenvalue weighted by Crippen LogP contribution is -2.35. The van der Waals surface area contributed by atoms with Crippen LogP contribution >= 0.6 is 11.3 Å². The number of carboxylic acid groups (broad SMARTS) is 1. The van der Waals surface area contributed by atoms with Gasteiger partial charge in [-0.1, -0.05) is 48.5 Å². The number of carbonyl (C=O) groups is 1. The molecule has 2 aliphatic rings. The van der Waals surface area contributed by atoms with Crippen LogP contribution in [0.4, 0.5) is 4.79 Å². The summed E-state index contributed by atoms with van der Waals surface area (Å²) in [7, 11) is 0. The zero-order chi connectivity index (χ0) is 19.8. The van der Waals surface area contributed by atoms with Crippen LogP contribution < -0.4 is 0 Å². The molecular weight excluding hydrogens is 382 g/mol. The standard InChI is InChI=1S/C24H23NO3S/c26-24(27)25(12-9-22-23-16(10-13-28-22)11-14-29-23)15-21-19-7-3-1-5-17(19)18-6-2-4-8-20(18)21/h1-8,11,14,21-22H,9-10,12-13,15H2,(H,26,27)/t22-/m0/s1. The lowest BCUT2D eigenvalue weighted by molar-refractivity contribution is 0.0325. The van der Waals surface area contributed by atoms with Crippen LogP contribution in [-0.2, 0) is 11.2 Å². The van der Waals surface area contributed by atoms with Gasteiger partial charge in [-0.15, -0.1) is 11.3 Å². The lowest BCUT2D eigenvalue weighted by Gasteiger charge is -2.28. The summed E-state index contributed by atoms with van der Waals surface area (Å²) in [6.07, 6.45) is 0.779. The summed E-state index contributed by atoms with van der Waals surface area (Å²) in [6.45, 7) is 1.65. The summed E-state index contributed by atoms with van der Waals surface area (Å²) in [4.78, 5) is 14.9. The maximum atomic E-state index is 12.1. The van der Waals surface area contributed by atoms with Gasteiger partial charge in [-0.05, 0) is 52.1 Å². The Labute approximate surface area is 174 Å². The highest BCUT2D eigenvalue weighted by Crippen LogP contribution is 2.45. The van der Waals surface area contributed by atoms with E-state index >= 15 is 0 Å². The molecule has 0 unspecified atom stereocenters. The van der Waals surface area contributed by atoms with Crippen LogP contribution in [0, 0.1) is 0 Å². The third-order valence-electron chi connectivity index (χ3n) is 6.06. The molecule has 5 heteroatoms. The molecule has 5 rings (SSSR count). The Morgan fingerprint density at radius 3 is 2.45 bits per heavy atom. The summed E-state index contributed by atoms with van der Waals surface area (Å²) in [5.41, 5.74) is 6.23. The Bertz CT molecular complexity index is 998. The molecule has 0 radical (unpaired) electrons. The summed E-state index contributed by atoms with van der Waals surface area (Å²) in [5, 5.41) is 12.0. The Morgan fingerprint density at radius 2 is 1.76 bits per heavy atom. The Kier molecular flexibility index (Phi) is 4.86. The number of ether oxygens (including phenoxy) is 1. The highest BCUT2D eigenvalue weighted by atomic mass is 32.1. The molecule has 1 amide bonds. The largest absolute Gasteiger partial charge is 0.465 e. The van der Waals surface area contributed by atoms with Crippen LogP contribution in [0.3, 0.4) is 0 Å². The van der Waals surface area contributed by atoms with Gasteiger partial charge in [-0.3, -0.25) is 0 Å². The van der Waals surface area contributed by atoms with Gasteiger partial charge in [0.15, 0.2) is 0 Å². The van der Waals surface area contributed by atoms with Crippen LogP contribution in [-0.4, -0.2) is 35.8 Å². The second kappa shape index (κ2) is 7.65. The molecule has 1 N–H and O–H groups in total. The van der Waals surface area contributed by atoms with Crippen LogP contribution in [0.1, 0.15) is 40.0 Å². The van der Waals surface area contributed by atoms with Gasteiger partial charge in [0, 0.05) is 23.9 Å². The Balaban J connectivity index is 1.36. The zero-order valence-corrected chi connectivity index (χ0v) is 16.9. The molecule has 0 saturated heterocycles. The van der Waals surface area contributed by atoms with E-state index in [-0.39, 0.29) is 12.0 Å². The van der Waals surface area contributed by atoms with Crippen molar-refractivity contribution in [3.05, 3.63) is 81.5 Å². The predicted molar refractivity (Wildman–Crippen MR) is 115 cm³/mol. The van der Waals surface area contributed by atoms with E-state index in [9.17, 15) is 9.90 Å². The molecule has 1 atom stereocenters. The average Bonchev–Trinajstić information content (AvgIpc) is 3.34. The van der Waals surface area contributed by atoms with E-state index in [1.807, 2.05) is 24.3 Å². The smallest absolute Gasteiger partial charge is 0.407 e. The van der Waals surface area contributed by atoms with Crippen LogP contribution in [0.5, 0.6) is 0 Å². The summed E-state index contributed by atoms with van der Waals surface area (Å²) < 4.78 is 5.97. The van der Waals surface area contributed by atoms with Gasteiger partial charge in [-0.2, -0.15) is 0 Å². The van der Waals surface area contributed by atoms with Crippen LogP contribution in [0.2, 0.25) is 0 Å². The number of hydrogen-bond acceptors (Lipinski definition) is 3. The molecule has 1 aliphatic carbocycles. The number of benzene rings is 2. The lowest BCUT2D eigenvalue weighted by atomic mass is 9.96. The number of fused-ring (bicyclic) bond motifs is 4. The first kappa shape index (κ1) is 18.4. The molecule has 0 saturated carbocycles. The second-order valence-corrected chi connectivity index (χ2v) is 8.61. The van der Waals surface area contributed by atoms with Crippen molar-refractivity contribution >= 4 is 17.4 Å². The first-order valence-electron chi connectivity index (χ1n) is 10.1. The minimum atomic E-state index is -0.867. The van der Waals surface area contributed by atoms with Gasteiger partial charge in [0.05, 0.1) is 12.7 Å². The van der Waals surface area contributed by atoms with Crippen molar-refractivity contribution in [3.8, 4) is 11.1 Å². The van der Waals surface area contributed by atoms with E-state index in [2.05, 4.69) is 35.7 Å². The molecule has 0 bridgehead atoms. The highest BCUT2D eigenvalue weighted by Gasteiger charge is 2.31. The third kappa shape index (κ3) is 3.34. The van der Waals surface area contributed by atoms with Gasteiger partial charge in [0.25, 0.3) is 0 Å². The number of nitrogens with zero attached hydrogens (tertiary/aromatic N) is 1. The van der Waals surface area contributed by atoms with E-state index in [1.165, 1.54) is 32.7 Å². The minimum Gasteiger partial charge on any atom is -0.465 e. The number of rotatable bonds is 5. The normalized spacial score (nSPS) is 17.4. The topological polar surface area (TPSA) is 49.8 Å². The quantitative estimate of drug-likeness (QED) is 0.606. The van der Waals surface area contributed by atoms with Gasteiger partial charge in [0.2, 0.25) is 0 Å². The van der Waals surface area contributed by atoms with Gasteiger partial charge in [0.1, 0.15) is 0 Å². The van der Waals surface area contributed by atoms with E-state index in [0.29, 0.717) is 26.1 Å². The molecule has 3 aromatic rings. The molecule has 2 heterocycles. The predicted octanol–water partition coefficient (Wildman–Crippen LogP) is 5.54. The molecular formula is C24H23NO3S. The fourth-order valence-corrected chi connectivity index (χ4v) is 5.69. The van der Waals surface area contributed by atoms with E-state index in [0.717, 1.165) is 6.42 Å². The van der Waals surface area contributed by atoms with E-state index in [4.69, 9.17) is 4.74 Å². The number of hydrogen-bond donors (Lipinski definition) is 1. The van der Waals surface area contributed by atoms with E-state index in [1.54, 1.807) is 16.2 Å². The second-order valence-electron chi connectivity index (χ2n) is 7.66. The zero-order valence-electron chi connectivity index (χ0n) is 16.1. The van der Waals surface area contributed by atoms with Gasteiger partial charge >= 0.3 is 6.09 Å². The van der Waals surface area contributed by atoms with Crippen molar-refractivity contribution in [2.45, 2.75) is 24.9 Å². The summed E-state index contributed by atoms with van der Waals surface area (Å²) in [5.74, 6) is 0.0723. The molecule has 2 aromatic carbocycles. The maximum absolute atomic E-state index is 12.1. The minimum absolute atomic E-state index is 0.00347. The highest BCUT2D eigenvalue weighted by molar-refractivity contribution is 7.10. The summed E-state index contributed by atoms with van der Waals surface area (Å²) >= 11 is 1.72. The van der Waals surface area contributed by atoms with E-state index < -0.39 is 6.09 Å².